The van der Waals surface area contributed by atoms with Gasteiger partial charge in [-0.2, -0.15) is 0 Å². The standard InChI is InChI=1S/C26H27FO9/c1-34-19(24(28)29)10-13-7-8-15-17(9-13)18(12-21(36-3)26(32)33)22-14(11-20(35-2)25(30)31)5-4-6-16(22)23(15)27/h4-9,19-21H,10-12H2,1-3H3,(H,28,29)(H,30,31)(H,32,33). The molecule has 0 radical (unpaired) electrons. The summed E-state index contributed by atoms with van der Waals surface area (Å²) in [4.78, 5) is 34.9. The Hall–Kier alpha value is -3.60. The third kappa shape index (κ3) is 5.46. The number of carboxylic acids is 3. The smallest absolute Gasteiger partial charge is 0.333 e. The van der Waals surface area contributed by atoms with Gasteiger partial charge in [0.2, 0.25) is 0 Å². The van der Waals surface area contributed by atoms with Crippen LogP contribution in [0.1, 0.15) is 16.7 Å². The SMILES string of the molecule is COC(Cc1ccc2c(F)c3cccc(CC(OC)C(=O)O)c3c(CC(OC)C(=O)O)c2c1)C(=O)O. The van der Waals surface area contributed by atoms with E-state index in [1.165, 1.54) is 27.4 Å². The fraction of sp³-hybridized carbons (Fsp3) is 0.346. The molecule has 3 unspecified atom stereocenters. The van der Waals surface area contributed by atoms with Gasteiger partial charge >= 0.3 is 17.9 Å². The second-order valence-corrected chi connectivity index (χ2v) is 8.31. The summed E-state index contributed by atoms with van der Waals surface area (Å²) in [6.45, 7) is 0. The third-order valence-corrected chi connectivity index (χ3v) is 6.23. The lowest BCUT2D eigenvalue weighted by atomic mass is 9.87. The number of halogens is 1. The predicted octanol–water partition coefficient (Wildman–Crippen LogP) is 3.06. The molecule has 36 heavy (non-hydrogen) atoms. The van der Waals surface area contributed by atoms with Gasteiger partial charge in [-0.15, -0.1) is 0 Å². The molecule has 0 amide bonds. The Bertz CT molecular complexity index is 1300. The van der Waals surface area contributed by atoms with E-state index in [1.54, 1.807) is 30.3 Å². The van der Waals surface area contributed by atoms with Crippen LogP contribution in [-0.4, -0.2) is 72.9 Å². The first-order valence-electron chi connectivity index (χ1n) is 11.0. The van der Waals surface area contributed by atoms with Crippen molar-refractivity contribution in [2.45, 2.75) is 37.6 Å². The summed E-state index contributed by atoms with van der Waals surface area (Å²) in [6.07, 6.45) is -3.82. The van der Waals surface area contributed by atoms with Gasteiger partial charge in [-0.3, -0.25) is 0 Å². The molecule has 0 fully saturated rings. The molecule has 0 saturated carbocycles. The van der Waals surface area contributed by atoms with Gasteiger partial charge in [0.15, 0.2) is 18.3 Å². The number of ether oxygens (including phenoxy) is 3. The minimum Gasteiger partial charge on any atom is -0.479 e. The van der Waals surface area contributed by atoms with E-state index in [9.17, 15) is 29.7 Å². The highest BCUT2D eigenvalue weighted by molar-refractivity contribution is 6.05. The molecule has 0 heterocycles. The molecule has 3 aromatic rings. The molecule has 0 aliphatic carbocycles. The zero-order valence-corrected chi connectivity index (χ0v) is 20.0. The molecule has 9 nitrogen and oxygen atoms in total. The Balaban J connectivity index is 2.35. The highest BCUT2D eigenvalue weighted by atomic mass is 19.1. The summed E-state index contributed by atoms with van der Waals surface area (Å²) in [5, 5.41) is 29.7. The van der Waals surface area contributed by atoms with Gasteiger partial charge in [-0.05, 0) is 27.5 Å². The van der Waals surface area contributed by atoms with Crippen LogP contribution in [0, 0.1) is 5.82 Å². The minimum absolute atomic E-state index is 0.0000831. The van der Waals surface area contributed by atoms with Crippen molar-refractivity contribution in [2.75, 3.05) is 21.3 Å². The van der Waals surface area contributed by atoms with Crippen LogP contribution in [0.2, 0.25) is 0 Å². The van der Waals surface area contributed by atoms with Gasteiger partial charge in [0.05, 0.1) is 0 Å². The van der Waals surface area contributed by atoms with Gasteiger partial charge in [0.25, 0.3) is 0 Å². The fourth-order valence-electron chi connectivity index (χ4n) is 4.37. The minimum atomic E-state index is -1.26. The zero-order chi connectivity index (χ0) is 26.6. The lowest BCUT2D eigenvalue weighted by Crippen LogP contribution is -2.26. The van der Waals surface area contributed by atoms with Crippen molar-refractivity contribution in [3.05, 3.63) is 58.9 Å². The largest absolute Gasteiger partial charge is 0.479 e. The van der Waals surface area contributed by atoms with Crippen LogP contribution in [0.5, 0.6) is 0 Å². The van der Waals surface area contributed by atoms with Crippen molar-refractivity contribution in [1.29, 1.82) is 0 Å². The van der Waals surface area contributed by atoms with Crippen LogP contribution in [0.25, 0.3) is 21.5 Å². The Labute approximate surface area is 206 Å². The molecule has 0 aliphatic heterocycles. The fourth-order valence-corrected chi connectivity index (χ4v) is 4.37. The maximum Gasteiger partial charge on any atom is 0.333 e. The van der Waals surface area contributed by atoms with Crippen molar-refractivity contribution in [3.63, 3.8) is 0 Å². The molecule has 3 rings (SSSR count). The summed E-state index contributed by atoms with van der Waals surface area (Å²) in [7, 11) is 3.78. The van der Waals surface area contributed by atoms with Crippen molar-refractivity contribution in [3.8, 4) is 0 Å². The molecule has 0 bridgehead atoms. The maximum atomic E-state index is 15.8. The molecule has 0 aliphatic rings. The summed E-state index contributed by atoms with van der Waals surface area (Å²) < 4.78 is 31.0. The van der Waals surface area contributed by atoms with Crippen molar-refractivity contribution in [1.82, 2.24) is 0 Å². The zero-order valence-electron chi connectivity index (χ0n) is 20.0. The number of benzene rings is 3. The van der Waals surface area contributed by atoms with Crippen LogP contribution in [0.15, 0.2) is 36.4 Å². The van der Waals surface area contributed by atoms with E-state index < -0.39 is 42.0 Å². The predicted molar refractivity (Wildman–Crippen MR) is 128 cm³/mol. The Morgan fingerprint density at radius 3 is 1.86 bits per heavy atom. The number of fused-ring (bicyclic) bond motifs is 2. The van der Waals surface area contributed by atoms with Crippen LogP contribution in [0.4, 0.5) is 4.39 Å². The first kappa shape index (κ1) is 27.0. The number of hydrogen-bond acceptors (Lipinski definition) is 6. The molecular weight excluding hydrogens is 475 g/mol. The van der Waals surface area contributed by atoms with Gasteiger partial charge in [0, 0.05) is 51.4 Å². The van der Waals surface area contributed by atoms with Crippen molar-refractivity contribution < 1.29 is 48.3 Å². The summed E-state index contributed by atoms with van der Waals surface area (Å²) in [5.74, 6) is -4.14. The second kappa shape index (κ2) is 11.4. The highest BCUT2D eigenvalue weighted by Gasteiger charge is 2.26. The van der Waals surface area contributed by atoms with Crippen LogP contribution < -0.4 is 0 Å². The Morgan fingerprint density at radius 2 is 1.31 bits per heavy atom. The first-order chi connectivity index (χ1) is 17.1. The summed E-state index contributed by atoms with van der Waals surface area (Å²) in [6, 6.07) is 9.50. The number of carboxylic acid groups (broad SMARTS) is 3. The van der Waals surface area contributed by atoms with E-state index in [0.717, 1.165) is 0 Å². The molecule has 10 heteroatoms. The molecule has 3 aromatic carbocycles. The van der Waals surface area contributed by atoms with Gasteiger partial charge in [-0.1, -0.05) is 36.4 Å². The number of hydrogen-bond donors (Lipinski definition) is 3. The molecule has 0 saturated heterocycles. The molecule has 3 N–H and O–H groups in total. The number of rotatable bonds is 12. The first-order valence-corrected chi connectivity index (χ1v) is 11.0. The Morgan fingerprint density at radius 1 is 0.750 bits per heavy atom. The molecule has 3 atom stereocenters. The third-order valence-electron chi connectivity index (χ3n) is 6.23. The summed E-state index contributed by atoms with van der Waals surface area (Å²) >= 11 is 0. The number of aliphatic carboxylic acids is 3. The molecule has 0 aromatic heterocycles. The molecular formula is C26H27FO9. The van der Waals surface area contributed by atoms with E-state index in [0.29, 0.717) is 27.5 Å². The summed E-state index contributed by atoms with van der Waals surface area (Å²) in [5.41, 5.74) is 1.44. The number of carbonyl (C=O) groups is 3. The van der Waals surface area contributed by atoms with Crippen LogP contribution >= 0.6 is 0 Å². The van der Waals surface area contributed by atoms with Crippen molar-refractivity contribution in [2.24, 2.45) is 0 Å². The highest BCUT2D eigenvalue weighted by Crippen LogP contribution is 2.36. The average molecular weight is 502 g/mol. The topological polar surface area (TPSA) is 140 Å². The van der Waals surface area contributed by atoms with E-state index in [1.807, 2.05) is 0 Å². The van der Waals surface area contributed by atoms with Crippen LogP contribution in [-0.2, 0) is 47.9 Å². The van der Waals surface area contributed by atoms with Crippen molar-refractivity contribution >= 4 is 39.5 Å². The monoisotopic (exact) mass is 502 g/mol. The van der Waals surface area contributed by atoms with E-state index in [-0.39, 0.29) is 30.0 Å². The lowest BCUT2D eigenvalue weighted by molar-refractivity contribution is -0.149. The molecule has 0 spiro atoms. The van der Waals surface area contributed by atoms with Gasteiger partial charge in [0.1, 0.15) is 5.82 Å². The van der Waals surface area contributed by atoms with E-state index in [4.69, 9.17) is 14.2 Å². The van der Waals surface area contributed by atoms with Gasteiger partial charge < -0.3 is 29.5 Å². The van der Waals surface area contributed by atoms with E-state index >= 15 is 4.39 Å². The second-order valence-electron chi connectivity index (χ2n) is 8.31. The Kier molecular flexibility index (Phi) is 8.57. The quantitative estimate of drug-likeness (QED) is 0.319. The maximum absolute atomic E-state index is 15.8. The van der Waals surface area contributed by atoms with Crippen LogP contribution in [0.3, 0.4) is 0 Å². The normalized spacial score (nSPS) is 14.0. The van der Waals surface area contributed by atoms with E-state index in [2.05, 4.69) is 0 Å². The number of methoxy groups -OCH3 is 3. The molecule has 192 valence electrons. The lowest BCUT2D eigenvalue weighted by Gasteiger charge is -2.20. The van der Waals surface area contributed by atoms with Gasteiger partial charge in [-0.25, -0.2) is 18.8 Å². The average Bonchev–Trinajstić information content (AvgIpc) is 2.85.